The first-order valence-electron chi connectivity index (χ1n) is 8.65. The van der Waals surface area contributed by atoms with Crippen LogP contribution in [0.25, 0.3) is 0 Å². The Bertz CT molecular complexity index is 903. The van der Waals surface area contributed by atoms with Gasteiger partial charge in [-0.05, 0) is 43.5 Å². The third kappa shape index (κ3) is 4.17. The van der Waals surface area contributed by atoms with E-state index in [2.05, 4.69) is 10.4 Å². The summed E-state index contributed by atoms with van der Waals surface area (Å²) < 4.78 is 15.1. The summed E-state index contributed by atoms with van der Waals surface area (Å²) in [6, 6.07) is 16.4. The molecule has 0 bridgehead atoms. The lowest BCUT2D eigenvalue weighted by Gasteiger charge is -2.07. The highest BCUT2D eigenvalue weighted by atomic mass is 19.1. The number of carbonyl (C=O) groups is 1. The average Bonchev–Trinajstić information content (AvgIpc) is 2.89. The van der Waals surface area contributed by atoms with E-state index in [1.807, 2.05) is 54.9 Å². The first-order valence-corrected chi connectivity index (χ1v) is 8.65. The minimum absolute atomic E-state index is 0.143. The summed E-state index contributed by atoms with van der Waals surface area (Å²) in [5.41, 5.74) is 4.16. The van der Waals surface area contributed by atoms with Crippen molar-refractivity contribution in [3.8, 4) is 0 Å². The van der Waals surface area contributed by atoms with Gasteiger partial charge in [-0.25, -0.2) is 4.39 Å². The molecule has 4 nitrogen and oxygen atoms in total. The van der Waals surface area contributed by atoms with Crippen molar-refractivity contribution in [2.75, 3.05) is 6.54 Å². The molecule has 0 saturated carbocycles. The fraction of sp³-hybridized carbons (Fsp3) is 0.238. The second-order valence-corrected chi connectivity index (χ2v) is 6.32. The third-order valence-electron chi connectivity index (χ3n) is 4.37. The third-order valence-corrected chi connectivity index (χ3v) is 4.37. The number of benzene rings is 2. The van der Waals surface area contributed by atoms with Crippen LogP contribution in [0, 0.1) is 19.7 Å². The summed E-state index contributed by atoms with van der Waals surface area (Å²) in [6.45, 7) is 4.83. The van der Waals surface area contributed by atoms with Gasteiger partial charge in [0.1, 0.15) is 5.82 Å². The fourth-order valence-corrected chi connectivity index (χ4v) is 3.04. The maximum atomic E-state index is 13.2. The van der Waals surface area contributed by atoms with Crippen LogP contribution < -0.4 is 5.32 Å². The molecule has 134 valence electrons. The molecule has 0 aliphatic heterocycles. The van der Waals surface area contributed by atoms with Crippen LogP contribution in [0.4, 0.5) is 4.39 Å². The van der Waals surface area contributed by atoms with Crippen LogP contribution in [0.2, 0.25) is 0 Å². The number of nitrogens with one attached hydrogen (secondary N) is 1. The Kier molecular flexibility index (Phi) is 5.46. The number of aromatic nitrogens is 2. The molecule has 0 spiro atoms. The molecule has 0 aliphatic rings. The van der Waals surface area contributed by atoms with E-state index >= 15 is 0 Å². The Morgan fingerprint density at radius 2 is 1.81 bits per heavy atom. The van der Waals surface area contributed by atoms with E-state index < -0.39 is 0 Å². The van der Waals surface area contributed by atoms with Crippen LogP contribution in [-0.4, -0.2) is 22.2 Å². The Labute approximate surface area is 152 Å². The molecule has 1 amide bonds. The summed E-state index contributed by atoms with van der Waals surface area (Å²) in [5.74, 6) is -0.404. The molecule has 0 atom stereocenters. The number of hydrogen-bond donors (Lipinski definition) is 1. The van der Waals surface area contributed by atoms with E-state index in [1.54, 1.807) is 6.07 Å². The maximum Gasteiger partial charge on any atom is 0.255 e. The predicted octanol–water partition coefficient (Wildman–Crippen LogP) is 3.66. The number of rotatable bonds is 6. The summed E-state index contributed by atoms with van der Waals surface area (Å²) in [7, 11) is 0. The monoisotopic (exact) mass is 351 g/mol. The SMILES string of the molecule is Cc1nn(Cc2ccccc2)c(C)c1C(=O)NCCc1cccc(F)c1. The number of carbonyl (C=O) groups excluding carboxylic acids is 1. The zero-order chi connectivity index (χ0) is 18.5. The molecule has 3 rings (SSSR count). The molecular formula is C21H22FN3O. The number of amides is 1. The molecule has 1 heterocycles. The quantitative estimate of drug-likeness (QED) is 0.737. The fourth-order valence-electron chi connectivity index (χ4n) is 3.04. The summed E-state index contributed by atoms with van der Waals surface area (Å²) in [4.78, 5) is 12.6. The van der Waals surface area contributed by atoms with Crippen LogP contribution in [0.3, 0.4) is 0 Å². The number of nitrogens with zero attached hydrogens (tertiary/aromatic N) is 2. The Hall–Kier alpha value is -2.95. The van der Waals surface area contributed by atoms with Crippen LogP contribution in [0.15, 0.2) is 54.6 Å². The van der Waals surface area contributed by atoms with Crippen LogP contribution in [0.5, 0.6) is 0 Å². The van der Waals surface area contributed by atoms with Gasteiger partial charge in [0, 0.05) is 12.2 Å². The lowest BCUT2D eigenvalue weighted by atomic mass is 10.1. The van der Waals surface area contributed by atoms with E-state index in [-0.39, 0.29) is 11.7 Å². The smallest absolute Gasteiger partial charge is 0.255 e. The van der Waals surface area contributed by atoms with Crippen molar-refractivity contribution >= 4 is 5.91 Å². The van der Waals surface area contributed by atoms with E-state index in [1.165, 1.54) is 12.1 Å². The van der Waals surface area contributed by atoms with Crippen molar-refractivity contribution in [1.82, 2.24) is 15.1 Å². The van der Waals surface area contributed by atoms with Gasteiger partial charge in [0.2, 0.25) is 0 Å². The second kappa shape index (κ2) is 7.95. The minimum atomic E-state index is -0.261. The topological polar surface area (TPSA) is 46.9 Å². The van der Waals surface area contributed by atoms with Gasteiger partial charge in [0.25, 0.3) is 5.91 Å². The summed E-state index contributed by atoms with van der Waals surface area (Å²) in [5, 5.41) is 7.42. The summed E-state index contributed by atoms with van der Waals surface area (Å²) in [6.07, 6.45) is 0.583. The predicted molar refractivity (Wildman–Crippen MR) is 99.7 cm³/mol. The zero-order valence-corrected chi connectivity index (χ0v) is 15.0. The lowest BCUT2D eigenvalue weighted by molar-refractivity contribution is 0.0953. The van der Waals surface area contributed by atoms with Gasteiger partial charge in [-0.1, -0.05) is 42.5 Å². The Morgan fingerprint density at radius 3 is 2.54 bits per heavy atom. The minimum Gasteiger partial charge on any atom is -0.352 e. The molecule has 2 aromatic carbocycles. The van der Waals surface area contributed by atoms with E-state index in [9.17, 15) is 9.18 Å². The van der Waals surface area contributed by atoms with Gasteiger partial charge >= 0.3 is 0 Å². The molecule has 1 aromatic heterocycles. The van der Waals surface area contributed by atoms with Gasteiger partial charge in [0.05, 0.1) is 17.8 Å². The van der Waals surface area contributed by atoms with Gasteiger partial charge in [-0.2, -0.15) is 5.10 Å². The molecule has 3 aromatic rings. The van der Waals surface area contributed by atoms with Gasteiger partial charge in [-0.3, -0.25) is 9.48 Å². The van der Waals surface area contributed by atoms with Crippen LogP contribution >= 0.6 is 0 Å². The molecule has 0 radical (unpaired) electrons. The highest BCUT2D eigenvalue weighted by Crippen LogP contribution is 2.15. The van der Waals surface area contributed by atoms with Crippen molar-refractivity contribution in [2.24, 2.45) is 0 Å². The van der Waals surface area contributed by atoms with E-state index in [4.69, 9.17) is 0 Å². The Balaban J connectivity index is 1.65. The van der Waals surface area contributed by atoms with Gasteiger partial charge < -0.3 is 5.32 Å². The van der Waals surface area contributed by atoms with Crippen molar-refractivity contribution in [3.05, 3.63) is 88.5 Å². The number of aryl methyl sites for hydroxylation is 1. The Morgan fingerprint density at radius 1 is 1.08 bits per heavy atom. The molecule has 5 heteroatoms. The summed E-state index contributed by atoms with van der Waals surface area (Å²) >= 11 is 0. The van der Waals surface area contributed by atoms with Crippen molar-refractivity contribution in [2.45, 2.75) is 26.8 Å². The first-order chi connectivity index (χ1) is 12.5. The molecule has 0 unspecified atom stereocenters. The van der Waals surface area contributed by atoms with E-state index in [0.717, 1.165) is 16.8 Å². The lowest BCUT2D eigenvalue weighted by Crippen LogP contribution is -2.26. The largest absolute Gasteiger partial charge is 0.352 e. The van der Waals surface area contributed by atoms with Crippen molar-refractivity contribution in [1.29, 1.82) is 0 Å². The van der Waals surface area contributed by atoms with Gasteiger partial charge in [-0.15, -0.1) is 0 Å². The molecule has 1 N–H and O–H groups in total. The second-order valence-electron chi connectivity index (χ2n) is 6.32. The molecule has 0 saturated heterocycles. The van der Waals surface area contributed by atoms with Crippen LogP contribution in [-0.2, 0) is 13.0 Å². The highest BCUT2D eigenvalue weighted by Gasteiger charge is 2.18. The number of halogens is 1. The highest BCUT2D eigenvalue weighted by molar-refractivity contribution is 5.96. The zero-order valence-electron chi connectivity index (χ0n) is 15.0. The van der Waals surface area contributed by atoms with Crippen molar-refractivity contribution in [3.63, 3.8) is 0 Å². The number of hydrogen-bond acceptors (Lipinski definition) is 2. The average molecular weight is 351 g/mol. The molecule has 0 fully saturated rings. The molecule has 0 aliphatic carbocycles. The normalized spacial score (nSPS) is 10.7. The standard InChI is InChI=1S/C21H22FN3O/c1-15-20(16(2)25(24-15)14-18-7-4-3-5-8-18)21(26)23-12-11-17-9-6-10-19(22)13-17/h3-10,13H,11-12,14H2,1-2H3,(H,23,26). The van der Waals surface area contributed by atoms with E-state index in [0.29, 0.717) is 30.8 Å². The van der Waals surface area contributed by atoms with Crippen molar-refractivity contribution < 1.29 is 9.18 Å². The van der Waals surface area contributed by atoms with Gasteiger partial charge in [0.15, 0.2) is 0 Å². The molecule has 26 heavy (non-hydrogen) atoms. The molecular weight excluding hydrogens is 329 g/mol. The maximum absolute atomic E-state index is 13.2. The first kappa shape index (κ1) is 17.9. The van der Waals surface area contributed by atoms with Crippen LogP contribution in [0.1, 0.15) is 32.9 Å².